The Kier molecular flexibility index (Phi) is 5.28. The van der Waals surface area contributed by atoms with E-state index in [1.165, 1.54) is 11.3 Å². The van der Waals surface area contributed by atoms with E-state index in [1.54, 1.807) is 0 Å². The molecule has 3 aromatic rings. The minimum atomic E-state index is -0.0702. The Morgan fingerprint density at radius 3 is 2.83 bits per heavy atom. The van der Waals surface area contributed by atoms with Crippen LogP contribution in [0.4, 0.5) is 0 Å². The second kappa shape index (κ2) is 7.79. The molecule has 0 bridgehead atoms. The second-order valence-corrected chi connectivity index (χ2v) is 6.10. The van der Waals surface area contributed by atoms with Crippen LogP contribution >= 0.6 is 11.3 Å². The van der Waals surface area contributed by atoms with E-state index in [2.05, 4.69) is 10.3 Å². The molecule has 6 heteroatoms. The summed E-state index contributed by atoms with van der Waals surface area (Å²) in [6.07, 6.45) is 0.252. The summed E-state index contributed by atoms with van der Waals surface area (Å²) in [7, 11) is 0. The number of hydrogen-bond donors (Lipinski definition) is 1. The Morgan fingerprint density at radius 2 is 2.08 bits per heavy atom. The lowest BCUT2D eigenvalue weighted by molar-refractivity contribution is -0.120. The predicted octanol–water partition coefficient (Wildman–Crippen LogP) is 3.45. The topological polar surface area (TPSA) is 64.4 Å². The van der Waals surface area contributed by atoms with E-state index >= 15 is 0 Å². The van der Waals surface area contributed by atoms with Crippen molar-refractivity contribution >= 4 is 17.2 Å². The first-order valence-corrected chi connectivity index (χ1v) is 8.54. The number of carbonyl (C=O) groups excluding carboxylic acids is 1. The first-order valence-electron chi connectivity index (χ1n) is 7.66. The lowest BCUT2D eigenvalue weighted by Crippen LogP contribution is -2.29. The molecule has 24 heavy (non-hydrogen) atoms. The maximum Gasteiger partial charge on any atom is 0.226 e. The van der Waals surface area contributed by atoms with E-state index in [0.29, 0.717) is 13.2 Å². The van der Waals surface area contributed by atoms with Crippen LogP contribution in [0.3, 0.4) is 0 Å². The van der Waals surface area contributed by atoms with Crippen molar-refractivity contribution in [3.63, 3.8) is 0 Å². The number of para-hydroxylation sites is 1. The molecular formula is C18H18N2O3S. The second-order valence-electron chi connectivity index (χ2n) is 5.24. The van der Waals surface area contributed by atoms with Gasteiger partial charge in [-0.3, -0.25) is 4.79 Å². The molecule has 1 N–H and O–H groups in total. The molecule has 1 aromatic carbocycles. The average Bonchev–Trinajstić information content (AvgIpc) is 3.21. The molecule has 2 heterocycles. The average molecular weight is 342 g/mol. The van der Waals surface area contributed by atoms with Crippen LogP contribution in [-0.2, 0) is 11.2 Å². The fraction of sp³-hybridized carbons (Fsp3) is 0.222. The van der Waals surface area contributed by atoms with Gasteiger partial charge in [-0.05, 0) is 31.2 Å². The van der Waals surface area contributed by atoms with Crippen molar-refractivity contribution in [3.8, 4) is 16.5 Å². The molecule has 0 aliphatic heterocycles. The Hall–Kier alpha value is -2.60. The van der Waals surface area contributed by atoms with Crippen LogP contribution in [0.15, 0.2) is 52.3 Å². The van der Waals surface area contributed by atoms with E-state index in [9.17, 15) is 4.79 Å². The highest BCUT2D eigenvalue weighted by molar-refractivity contribution is 7.13. The van der Waals surface area contributed by atoms with Crippen LogP contribution in [0.2, 0.25) is 0 Å². The molecule has 0 fully saturated rings. The van der Waals surface area contributed by atoms with Gasteiger partial charge in [-0.1, -0.05) is 18.2 Å². The van der Waals surface area contributed by atoms with Crippen molar-refractivity contribution < 1.29 is 13.9 Å². The molecule has 124 valence electrons. The standard InChI is InChI=1S/C18H18N2O3S/c1-13-7-8-16(23-13)18-20-14(12-24-18)11-17(21)19-9-10-22-15-5-3-2-4-6-15/h2-8,12H,9-11H2,1H3,(H,19,21). The third-order valence-electron chi connectivity index (χ3n) is 3.28. The van der Waals surface area contributed by atoms with Gasteiger partial charge in [0.15, 0.2) is 10.8 Å². The minimum Gasteiger partial charge on any atom is -0.492 e. The minimum absolute atomic E-state index is 0.0702. The third-order valence-corrected chi connectivity index (χ3v) is 4.19. The zero-order valence-corrected chi connectivity index (χ0v) is 14.1. The van der Waals surface area contributed by atoms with Gasteiger partial charge in [-0.25, -0.2) is 4.98 Å². The molecule has 0 radical (unpaired) electrons. The van der Waals surface area contributed by atoms with Gasteiger partial charge in [-0.15, -0.1) is 11.3 Å². The fourth-order valence-electron chi connectivity index (χ4n) is 2.15. The van der Waals surface area contributed by atoms with E-state index in [-0.39, 0.29) is 12.3 Å². The molecule has 0 atom stereocenters. The quantitative estimate of drug-likeness (QED) is 0.668. The summed E-state index contributed by atoms with van der Waals surface area (Å²) in [6.45, 7) is 2.79. The first-order chi connectivity index (χ1) is 11.7. The van der Waals surface area contributed by atoms with Crippen LogP contribution in [-0.4, -0.2) is 24.0 Å². The highest BCUT2D eigenvalue weighted by Crippen LogP contribution is 2.25. The number of nitrogens with one attached hydrogen (secondary N) is 1. The van der Waals surface area contributed by atoms with Gasteiger partial charge in [0.1, 0.15) is 18.1 Å². The predicted molar refractivity (Wildman–Crippen MR) is 93.2 cm³/mol. The number of carbonyl (C=O) groups is 1. The van der Waals surface area contributed by atoms with Crippen LogP contribution < -0.4 is 10.1 Å². The zero-order chi connectivity index (χ0) is 16.8. The molecule has 3 rings (SSSR count). The maximum absolute atomic E-state index is 11.9. The van der Waals surface area contributed by atoms with Gasteiger partial charge in [0.05, 0.1) is 18.7 Å². The van der Waals surface area contributed by atoms with Crippen molar-refractivity contribution in [3.05, 3.63) is 59.3 Å². The summed E-state index contributed by atoms with van der Waals surface area (Å²) < 4.78 is 11.1. The molecule has 0 saturated carbocycles. The van der Waals surface area contributed by atoms with Gasteiger partial charge >= 0.3 is 0 Å². The molecule has 0 unspecified atom stereocenters. The molecule has 5 nitrogen and oxygen atoms in total. The summed E-state index contributed by atoms with van der Waals surface area (Å²) >= 11 is 1.47. The van der Waals surface area contributed by atoms with Crippen LogP contribution in [0.25, 0.3) is 10.8 Å². The van der Waals surface area contributed by atoms with Crippen molar-refractivity contribution in [2.45, 2.75) is 13.3 Å². The Bertz CT molecular complexity index is 795. The third kappa shape index (κ3) is 4.45. The first kappa shape index (κ1) is 16.3. The van der Waals surface area contributed by atoms with Gasteiger partial charge < -0.3 is 14.5 Å². The summed E-state index contributed by atoms with van der Waals surface area (Å²) in [6, 6.07) is 13.3. The maximum atomic E-state index is 11.9. The number of hydrogen-bond acceptors (Lipinski definition) is 5. The summed E-state index contributed by atoms with van der Waals surface area (Å²) in [4.78, 5) is 16.4. The van der Waals surface area contributed by atoms with E-state index in [1.807, 2.05) is 54.8 Å². The number of benzene rings is 1. The zero-order valence-electron chi connectivity index (χ0n) is 13.3. The van der Waals surface area contributed by atoms with Gasteiger partial charge in [-0.2, -0.15) is 0 Å². The number of nitrogens with zero attached hydrogens (tertiary/aromatic N) is 1. The Labute approximate surface area is 144 Å². The molecule has 0 saturated heterocycles. The SMILES string of the molecule is Cc1ccc(-c2nc(CC(=O)NCCOc3ccccc3)cs2)o1. The lowest BCUT2D eigenvalue weighted by Gasteiger charge is -2.07. The van der Waals surface area contributed by atoms with E-state index < -0.39 is 0 Å². The molecule has 0 aliphatic rings. The number of aryl methyl sites for hydroxylation is 1. The molecular weight excluding hydrogens is 324 g/mol. The molecule has 0 spiro atoms. The summed E-state index contributed by atoms with van der Waals surface area (Å²) in [5.74, 6) is 2.31. The fourth-order valence-corrected chi connectivity index (χ4v) is 2.93. The van der Waals surface area contributed by atoms with Crippen LogP contribution in [0, 0.1) is 6.92 Å². The highest BCUT2D eigenvalue weighted by atomic mass is 32.1. The van der Waals surface area contributed by atoms with Crippen molar-refractivity contribution in [1.82, 2.24) is 10.3 Å². The number of rotatable bonds is 7. The molecule has 2 aromatic heterocycles. The number of thiazole rings is 1. The summed E-state index contributed by atoms with van der Waals surface area (Å²) in [5.41, 5.74) is 0.741. The number of furan rings is 1. The molecule has 1 amide bonds. The largest absolute Gasteiger partial charge is 0.492 e. The van der Waals surface area contributed by atoms with Gasteiger partial charge in [0.2, 0.25) is 5.91 Å². The normalized spacial score (nSPS) is 10.5. The van der Waals surface area contributed by atoms with E-state index in [4.69, 9.17) is 9.15 Å². The molecule has 0 aliphatic carbocycles. The van der Waals surface area contributed by atoms with Crippen LogP contribution in [0.5, 0.6) is 5.75 Å². The van der Waals surface area contributed by atoms with Crippen molar-refractivity contribution in [2.24, 2.45) is 0 Å². The Morgan fingerprint density at radius 1 is 1.25 bits per heavy atom. The lowest BCUT2D eigenvalue weighted by atomic mass is 10.3. The van der Waals surface area contributed by atoms with Gasteiger partial charge in [0, 0.05) is 5.38 Å². The van der Waals surface area contributed by atoms with Crippen LogP contribution in [0.1, 0.15) is 11.5 Å². The monoisotopic (exact) mass is 342 g/mol. The number of amides is 1. The van der Waals surface area contributed by atoms with E-state index in [0.717, 1.165) is 28.0 Å². The number of aromatic nitrogens is 1. The number of ether oxygens (including phenoxy) is 1. The smallest absolute Gasteiger partial charge is 0.226 e. The van der Waals surface area contributed by atoms with Crippen molar-refractivity contribution in [1.29, 1.82) is 0 Å². The van der Waals surface area contributed by atoms with Gasteiger partial charge in [0.25, 0.3) is 0 Å². The highest BCUT2D eigenvalue weighted by Gasteiger charge is 2.11. The Balaban J connectivity index is 1.43. The summed E-state index contributed by atoms with van der Waals surface area (Å²) in [5, 5.41) is 5.50. The van der Waals surface area contributed by atoms with Crippen molar-refractivity contribution in [2.75, 3.05) is 13.2 Å².